The largest absolute Gasteiger partial charge is 0.396 e. The lowest BCUT2D eigenvalue weighted by atomic mass is 10.0. The first-order chi connectivity index (χ1) is 9.58. The minimum Gasteiger partial charge on any atom is -0.396 e. The van der Waals surface area contributed by atoms with Crippen LogP contribution in [-0.2, 0) is 0 Å². The van der Waals surface area contributed by atoms with Crippen LogP contribution in [0.5, 0.6) is 0 Å². The Morgan fingerprint density at radius 2 is 2.15 bits per heavy atom. The van der Waals surface area contributed by atoms with Crippen LogP contribution in [0.3, 0.4) is 0 Å². The molecule has 0 radical (unpaired) electrons. The van der Waals surface area contributed by atoms with Crippen molar-refractivity contribution in [2.75, 3.05) is 26.2 Å². The van der Waals surface area contributed by atoms with Crippen LogP contribution in [-0.4, -0.2) is 54.4 Å². The van der Waals surface area contributed by atoms with Gasteiger partial charge in [0, 0.05) is 31.8 Å². The quantitative estimate of drug-likeness (QED) is 0.665. The molecule has 118 valence electrons. The van der Waals surface area contributed by atoms with Gasteiger partial charge in [0.2, 0.25) is 0 Å². The van der Waals surface area contributed by atoms with Crippen molar-refractivity contribution in [1.82, 2.24) is 15.5 Å². The first-order valence-electron chi connectivity index (χ1n) is 7.97. The van der Waals surface area contributed by atoms with E-state index in [4.69, 9.17) is 5.11 Å². The smallest absolute Gasteiger partial charge is 0.315 e. The van der Waals surface area contributed by atoms with Crippen LogP contribution in [0.25, 0.3) is 0 Å². The van der Waals surface area contributed by atoms with Crippen LogP contribution in [0.2, 0.25) is 0 Å². The number of amides is 2. The van der Waals surface area contributed by atoms with Crippen molar-refractivity contribution in [2.24, 2.45) is 5.92 Å². The number of hydrogen-bond acceptors (Lipinski definition) is 3. The number of rotatable bonds is 7. The number of aliphatic hydroxyl groups excluding tert-OH is 1. The molecule has 2 amide bonds. The maximum Gasteiger partial charge on any atom is 0.315 e. The second-order valence-corrected chi connectivity index (χ2v) is 5.94. The molecule has 0 aromatic heterocycles. The van der Waals surface area contributed by atoms with E-state index in [1.165, 1.54) is 25.7 Å². The van der Waals surface area contributed by atoms with Gasteiger partial charge in [-0.2, -0.15) is 0 Å². The summed E-state index contributed by atoms with van der Waals surface area (Å²) in [5.74, 6) is 0.0762. The number of nitrogens with zero attached hydrogens (tertiary/aromatic N) is 1. The molecular formula is C15H31N3O2. The Bertz CT molecular complexity index is 286. The number of hydrogen-bond donors (Lipinski definition) is 3. The number of piperidine rings is 1. The summed E-state index contributed by atoms with van der Waals surface area (Å²) < 4.78 is 0. The summed E-state index contributed by atoms with van der Waals surface area (Å²) in [5, 5.41) is 14.8. The summed E-state index contributed by atoms with van der Waals surface area (Å²) in [6, 6.07) is 0.531. The summed E-state index contributed by atoms with van der Waals surface area (Å²) in [5.41, 5.74) is 0. The molecule has 20 heavy (non-hydrogen) atoms. The van der Waals surface area contributed by atoms with Crippen LogP contribution in [0.15, 0.2) is 0 Å². The van der Waals surface area contributed by atoms with Gasteiger partial charge in [0.05, 0.1) is 0 Å². The van der Waals surface area contributed by atoms with Gasteiger partial charge in [-0.05, 0) is 38.6 Å². The van der Waals surface area contributed by atoms with Crippen molar-refractivity contribution in [3.63, 3.8) is 0 Å². The molecule has 3 unspecified atom stereocenters. The third-order valence-electron chi connectivity index (χ3n) is 4.41. The number of nitrogens with one attached hydrogen (secondary N) is 2. The zero-order chi connectivity index (χ0) is 15.0. The van der Waals surface area contributed by atoms with Gasteiger partial charge in [0.25, 0.3) is 0 Å². The Hall–Kier alpha value is -0.810. The summed E-state index contributed by atoms with van der Waals surface area (Å²) in [6.45, 7) is 8.93. The molecule has 0 bridgehead atoms. The number of urea groups is 1. The van der Waals surface area contributed by atoms with Crippen molar-refractivity contribution < 1.29 is 9.90 Å². The monoisotopic (exact) mass is 285 g/mol. The molecule has 3 N–H and O–H groups in total. The van der Waals surface area contributed by atoms with Crippen LogP contribution in [0.4, 0.5) is 4.79 Å². The topological polar surface area (TPSA) is 64.6 Å². The molecule has 1 heterocycles. The first-order valence-corrected chi connectivity index (χ1v) is 7.97. The minimum atomic E-state index is -0.136. The predicted molar refractivity (Wildman–Crippen MR) is 81.7 cm³/mol. The lowest BCUT2D eigenvalue weighted by Crippen LogP contribution is -2.48. The molecule has 1 aliphatic heterocycles. The Morgan fingerprint density at radius 1 is 1.40 bits per heavy atom. The lowest BCUT2D eigenvalue weighted by Gasteiger charge is -2.35. The molecule has 5 nitrogen and oxygen atoms in total. The molecule has 0 aromatic carbocycles. The van der Waals surface area contributed by atoms with Gasteiger partial charge < -0.3 is 15.7 Å². The molecule has 1 fully saturated rings. The van der Waals surface area contributed by atoms with Crippen LogP contribution >= 0.6 is 0 Å². The second kappa shape index (κ2) is 9.19. The van der Waals surface area contributed by atoms with Gasteiger partial charge in [-0.3, -0.25) is 4.90 Å². The van der Waals surface area contributed by atoms with Gasteiger partial charge in [-0.1, -0.05) is 20.3 Å². The predicted octanol–water partition coefficient (Wildman–Crippen LogP) is 1.57. The van der Waals surface area contributed by atoms with E-state index in [1.54, 1.807) is 0 Å². The van der Waals surface area contributed by atoms with Gasteiger partial charge in [-0.25, -0.2) is 4.79 Å². The Morgan fingerprint density at radius 3 is 2.80 bits per heavy atom. The SMILES string of the molecule is CCC1CCCCN1CCNC(=O)NC(C)C(C)CO. The van der Waals surface area contributed by atoms with Gasteiger partial charge in [0.15, 0.2) is 0 Å². The van der Waals surface area contributed by atoms with Gasteiger partial charge >= 0.3 is 6.03 Å². The molecule has 1 aliphatic rings. The standard InChI is InChI=1S/C15H31N3O2/c1-4-14-7-5-6-9-18(14)10-8-16-15(20)17-13(3)12(2)11-19/h12-14,19H,4-11H2,1-3H3,(H2,16,17,20). The van der Waals surface area contributed by atoms with Crippen molar-refractivity contribution in [3.05, 3.63) is 0 Å². The first kappa shape index (κ1) is 17.2. The van der Waals surface area contributed by atoms with E-state index in [2.05, 4.69) is 22.5 Å². The molecule has 1 rings (SSSR count). The molecule has 3 atom stereocenters. The molecule has 5 heteroatoms. The van der Waals surface area contributed by atoms with E-state index >= 15 is 0 Å². The van der Waals surface area contributed by atoms with E-state index < -0.39 is 0 Å². The van der Waals surface area contributed by atoms with Crippen LogP contribution in [0.1, 0.15) is 46.5 Å². The fraction of sp³-hybridized carbons (Fsp3) is 0.933. The number of carbonyl (C=O) groups excluding carboxylic acids is 1. The normalized spacial score (nSPS) is 23.1. The molecule has 1 saturated heterocycles. The van der Waals surface area contributed by atoms with E-state index in [0.29, 0.717) is 12.6 Å². The molecule has 0 aromatic rings. The fourth-order valence-corrected chi connectivity index (χ4v) is 2.69. The average molecular weight is 285 g/mol. The van der Waals surface area contributed by atoms with Crippen molar-refractivity contribution in [1.29, 1.82) is 0 Å². The fourth-order valence-electron chi connectivity index (χ4n) is 2.69. The second-order valence-electron chi connectivity index (χ2n) is 5.94. The number of carbonyl (C=O) groups is 1. The zero-order valence-corrected chi connectivity index (χ0v) is 13.2. The Labute approximate surface area is 123 Å². The molecule has 0 saturated carbocycles. The highest BCUT2D eigenvalue weighted by atomic mass is 16.3. The Balaban J connectivity index is 2.20. The minimum absolute atomic E-state index is 0.0154. The summed E-state index contributed by atoms with van der Waals surface area (Å²) in [4.78, 5) is 14.2. The highest BCUT2D eigenvalue weighted by Gasteiger charge is 2.20. The highest BCUT2D eigenvalue weighted by molar-refractivity contribution is 5.74. The van der Waals surface area contributed by atoms with Crippen molar-refractivity contribution in [2.45, 2.75) is 58.5 Å². The Kier molecular flexibility index (Phi) is 7.92. The zero-order valence-electron chi connectivity index (χ0n) is 13.2. The summed E-state index contributed by atoms with van der Waals surface area (Å²) in [6.07, 6.45) is 5.08. The molecular weight excluding hydrogens is 254 g/mol. The summed E-state index contributed by atoms with van der Waals surface area (Å²) >= 11 is 0. The van der Waals surface area contributed by atoms with E-state index in [0.717, 1.165) is 13.1 Å². The van der Waals surface area contributed by atoms with Crippen molar-refractivity contribution in [3.8, 4) is 0 Å². The highest BCUT2D eigenvalue weighted by Crippen LogP contribution is 2.18. The summed E-state index contributed by atoms with van der Waals surface area (Å²) in [7, 11) is 0. The average Bonchev–Trinajstić information content (AvgIpc) is 2.46. The number of likely N-dealkylation sites (tertiary alicyclic amines) is 1. The van der Waals surface area contributed by atoms with E-state index in [1.807, 2.05) is 13.8 Å². The number of aliphatic hydroxyl groups is 1. The molecule has 0 aliphatic carbocycles. The van der Waals surface area contributed by atoms with Gasteiger partial charge in [0.1, 0.15) is 0 Å². The maximum absolute atomic E-state index is 11.7. The van der Waals surface area contributed by atoms with E-state index in [-0.39, 0.29) is 24.6 Å². The maximum atomic E-state index is 11.7. The van der Waals surface area contributed by atoms with E-state index in [9.17, 15) is 4.79 Å². The van der Waals surface area contributed by atoms with Crippen molar-refractivity contribution >= 4 is 6.03 Å². The molecule has 0 spiro atoms. The third kappa shape index (κ3) is 5.67. The van der Waals surface area contributed by atoms with Crippen LogP contribution < -0.4 is 10.6 Å². The third-order valence-corrected chi connectivity index (χ3v) is 4.41. The van der Waals surface area contributed by atoms with Crippen LogP contribution in [0, 0.1) is 5.92 Å². The lowest BCUT2D eigenvalue weighted by molar-refractivity contribution is 0.145. The van der Waals surface area contributed by atoms with Gasteiger partial charge in [-0.15, -0.1) is 0 Å².